The summed E-state index contributed by atoms with van der Waals surface area (Å²) in [5.41, 5.74) is -0.849. The van der Waals surface area contributed by atoms with Gasteiger partial charge in [-0.3, -0.25) is 9.36 Å². The number of aromatic carboxylic acids is 1. The van der Waals surface area contributed by atoms with E-state index >= 15 is 0 Å². The van der Waals surface area contributed by atoms with Gasteiger partial charge in [-0.05, 0) is 53.6 Å². The first-order valence-electron chi connectivity index (χ1n) is 12.4. The van der Waals surface area contributed by atoms with Gasteiger partial charge in [0, 0.05) is 5.56 Å². The SMILES string of the molecule is CC(C)CCc1c(C(F)(F)F)n(C(=O)c2ccccc2)c(=O)n1Cc1ccc(-c2ccccc2C(=O)O)cc1. The fourth-order valence-electron chi connectivity index (χ4n) is 4.51. The molecule has 1 heterocycles. The number of rotatable bonds is 8. The molecule has 1 N–H and O–H groups in total. The first kappa shape index (κ1) is 27.6. The number of carbonyl (C=O) groups is 2. The number of hydrogen-bond acceptors (Lipinski definition) is 3. The zero-order valence-electron chi connectivity index (χ0n) is 21.4. The van der Waals surface area contributed by atoms with Crippen LogP contribution in [0.5, 0.6) is 0 Å². The van der Waals surface area contributed by atoms with Crippen molar-refractivity contribution in [2.45, 2.75) is 39.4 Å². The standard InChI is InChI=1S/C30H27F3N2O4/c1-19(2)12-17-25-26(30(31,32)33)35(27(36)22-8-4-3-5-9-22)29(39)34(25)18-20-13-15-21(16-14-20)23-10-6-7-11-24(23)28(37)38/h3-11,13-16,19H,12,17-18H2,1-2H3,(H,37,38). The van der Waals surface area contributed by atoms with Gasteiger partial charge >= 0.3 is 17.8 Å². The molecular formula is C30H27F3N2O4. The third kappa shape index (κ3) is 5.87. The number of halogens is 3. The lowest BCUT2D eigenvalue weighted by molar-refractivity contribution is -0.143. The number of carboxylic acid groups (broad SMARTS) is 1. The second-order valence-corrected chi connectivity index (χ2v) is 9.65. The number of hydrogen-bond donors (Lipinski definition) is 1. The molecule has 0 amide bonds. The smallest absolute Gasteiger partial charge is 0.433 e. The van der Waals surface area contributed by atoms with Crippen LogP contribution in [0.2, 0.25) is 0 Å². The summed E-state index contributed by atoms with van der Waals surface area (Å²) in [6.45, 7) is 3.55. The van der Waals surface area contributed by atoms with Gasteiger partial charge < -0.3 is 5.11 Å². The average molecular weight is 537 g/mol. The minimum atomic E-state index is -4.94. The van der Waals surface area contributed by atoms with Crippen molar-refractivity contribution in [3.63, 3.8) is 0 Å². The summed E-state index contributed by atoms with van der Waals surface area (Å²) in [7, 11) is 0. The lowest BCUT2D eigenvalue weighted by Crippen LogP contribution is -2.32. The molecule has 0 aliphatic heterocycles. The Kier molecular flexibility index (Phi) is 7.90. The fraction of sp³-hybridized carbons (Fsp3) is 0.233. The Hall–Kier alpha value is -4.40. The number of aromatic nitrogens is 2. The van der Waals surface area contributed by atoms with Crippen LogP contribution in [-0.4, -0.2) is 26.1 Å². The van der Waals surface area contributed by atoms with E-state index in [9.17, 15) is 32.7 Å². The summed E-state index contributed by atoms with van der Waals surface area (Å²) in [6.07, 6.45) is -4.59. The molecule has 0 aliphatic rings. The van der Waals surface area contributed by atoms with E-state index < -0.39 is 29.4 Å². The van der Waals surface area contributed by atoms with Crippen molar-refractivity contribution >= 4 is 11.9 Å². The van der Waals surface area contributed by atoms with Crippen LogP contribution < -0.4 is 5.69 Å². The summed E-state index contributed by atoms with van der Waals surface area (Å²) in [4.78, 5) is 38.3. The third-order valence-corrected chi connectivity index (χ3v) is 6.46. The second kappa shape index (κ2) is 11.1. The molecule has 0 fully saturated rings. The predicted octanol–water partition coefficient (Wildman–Crippen LogP) is 6.36. The van der Waals surface area contributed by atoms with E-state index in [4.69, 9.17) is 0 Å². The molecule has 202 valence electrons. The molecule has 0 unspecified atom stereocenters. The second-order valence-electron chi connectivity index (χ2n) is 9.65. The van der Waals surface area contributed by atoms with E-state index in [1.807, 2.05) is 13.8 Å². The van der Waals surface area contributed by atoms with Gasteiger partial charge in [-0.2, -0.15) is 13.2 Å². The first-order valence-corrected chi connectivity index (χ1v) is 12.4. The van der Waals surface area contributed by atoms with E-state index in [1.54, 1.807) is 48.5 Å². The number of alkyl halides is 3. The molecule has 4 aromatic rings. The van der Waals surface area contributed by atoms with Crippen molar-refractivity contribution in [3.05, 3.63) is 117 Å². The van der Waals surface area contributed by atoms with Crippen LogP contribution in [0.1, 0.15) is 57.9 Å². The number of carbonyl (C=O) groups excluding carboxylic acids is 1. The van der Waals surface area contributed by atoms with Crippen LogP contribution in [0.3, 0.4) is 0 Å². The van der Waals surface area contributed by atoms with Crippen molar-refractivity contribution in [2.24, 2.45) is 5.92 Å². The van der Waals surface area contributed by atoms with Gasteiger partial charge in [-0.15, -0.1) is 0 Å². The Morgan fingerprint density at radius 1 is 0.897 bits per heavy atom. The highest BCUT2D eigenvalue weighted by Crippen LogP contribution is 2.34. The van der Waals surface area contributed by atoms with Gasteiger partial charge in [0.1, 0.15) is 0 Å². The molecule has 0 radical (unpaired) electrons. The maximum Gasteiger partial charge on any atom is 0.433 e. The van der Waals surface area contributed by atoms with Crippen molar-refractivity contribution in [3.8, 4) is 11.1 Å². The van der Waals surface area contributed by atoms with Crippen molar-refractivity contribution in [2.75, 3.05) is 0 Å². The highest BCUT2D eigenvalue weighted by Gasteiger charge is 2.42. The van der Waals surface area contributed by atoms with Crippen LogP contribution in [-0.2, 0) is 19.1 Å². The molecule has 0 atom stereocenters. The number of imidazole rings is 1. The number of nitrogens with zero attached hydrogens (tertiary/aromatic N) is 2. The maximum absolute atomic E-state index is 14.4. The van der Waals surface area contributed by atoms with Crippen molar-refractivity contribution in [1.82, 2.24) is 9.13 Å². The lowest BCUT2D eigenvalue weighted by atomic mass is 9.98. The van der Waals surface area contributed by atoms with Gasteiger partial charge in [0.05, 0.1) is 17.8 Å². The average Bonchev–Trinajstić information content (AvgIpc) is 3.19. The van der Waals surface area contributed by atoms with Gasteiger partial charge in [0.2, 0.25) is 0 Å². The summed E-state index contributed by atoms with van der Waals surface area (Å²) >= 11 is 0. The molecular weight excluding hydrogens is 509 g/mol. The summed E-state index contributed by atoms with van der Waals surface area (Å²) in [6, 6.07) is 20.5. The zero-order valence-corrected chi connectivity index (χ0v) is 21.4. The molecule has 6 nitrogen and oxygen atoms in total. The molecule has 4 rings (SSSR count). The van der Waals surface area contributed by atoms with E-state index in [-0.39, 0.29) is 40.3 Å². The van der Waals surface area contributed by atoms with Gasteiger partial charge in [0.15, 0.2) is 5.69 Å². The Morgan fingerprint density at radius 3 is 2.10 bits per heavy atom. The molecule has 9 heteroatoms. The highest BCUT2D eigenvalue weighted by atomic mass is 19.4. The van der Waals surface area contributed by atoms with Crippen LogP contribution in [0.4, 0.5) is 13.2 Å². The Balaban J connectivity index is 1.81. The first-order chi connectivity index (χ1) is 18.5. The largest absolute Gasteiger partial charge is 0.478 e. The van der Waals surface area contributed by atoms with E-state index in [1.165, 1.54) is 30.3 Å². The molecule has 0 saturated carbocycles. The quantitative estimate of drug-likeness (QED) is 0.284. The monoisotopic (exact) mass is 536 g/mol. The fourth-order valence-corrected chi connectivity index (χ4v) is 4.51. The normalized spacial score (nSPS) is 11.6. The van der Waals surface area contributed by atoms with E-state index in [2.05, 4.69) is 0 Å². The van der Waals surface area contributed by atoms with Gasteiger partial charge in [-0.25, -0.2) is 14.2 Å². The maximum atomic E-state index is 14.4. The predicted molar refractivity (Wildman–Crippen MR) is 141 cm³/mol. The topological polar surface area (TPSA) is 81.3 Å². The molecule has 39 heavy (non-hydrogen) atoms. The van der Waals surface area contributed by atoms with Crippen molar-refractivity contribution < 1.29 is 27.9 Å². The molecule has 0 spiro atoms. The highest BCUT2D eigenvalue weighted by molar-refractivity contribution is 5.97. The lowest BCUT2D eigenvalue weighted by Gasteiger charge is -2.14. The van der Waals surface area contributed by atoms with Crippen LogP contribution in [0, 0.1) is 5.92 Å². The molecule has 0 saturated heterocycles. The molecule has 0 aliphatic carbocycles. The van der Waals surface area contributed by atoms with Crippen LogP contribution in [0.15, 0.2) is 83.7 Å². The summed E-state index contributed by atoms with van der Waals surface area (Å²) in [5.74, 6) is -2.06. The Morgan fingerprint density at radius 2 is 1.51 bits per heavy atom. The number of benzene rings is 3. The minimum Gasteiger partial charge on any atom is -0.478 e. The van der Waals surface area contributed by atoms with Gasteiger partial charge in [-0.1, -0.05) is 74.5 Å². The zero-order chi connectivity index (χ0) is 28.3. The molecule has 3 aromatic carbocycles. The summed E-state index contributed by atoms with van der Waals surface area (Å²) in [5, 5.41) is 9.49. The minimum absolute atomic E-state index is 0.0286. The van der Waals surface area contributed by atoms with Crippen molar-refractivity contribution in [1.29, 1.82) is 0 Å². The third-order valence-electron chi connectivity index (χ3n) is 6.46. The van der Waals surface area contributed by atoms with Crippen LogP contribution in [0.25, 0.3) is 11.1 Å². The van der Waals surface area contributed by atoms with Gasteiger partial charge in [0.25, 0.3) is 5.91 Å². The Labute approximate surface area is 223 Å². The summed E-state index contributed by atoms with van der Waals surface area (Å²) < 4.78 is 44.5. The molecule has 1 aromatic heterocycles. The van der Waals surface area contributed by atoms with E-state index in [0.717, 1.165) is 4.57 Å². The van der Waals surface area contributed by atoms with E-state index in [0.29, 0.717) is 23.1 Å². The Bertz CT molecular complexity index is 1550. The number of carboxylic acids is 1. The molecule has 0 bridgehead atoms. The van der Waals surface area contributed by atoms with Crippen LogP contribution >= 0.6 is 0 Å².